The number of hydrogen-bond donors (Lipinski definition) is 2. The number of hydrogen-bond acceptors (Lipinski definition) is 3. The number of rotatable bonds is 4. The van der Waals surface area contributed by atoms with E-state index in [4.69, 9.17) is 0 Å². The molecule has 1 aliphatic heterocycles. The highest BCUT2D eigenvalue weighted by atomic mass is 16.3. The van der Waals surface area contributed by atoms with Crippen molar-refractivity contribution < 1.29 is 9.90 Å². The van der Waals surface area contributed by atoms with E-state index in [1.165, 1.54) is 5.56 Å². The average molecular weight is 372 g/mol. The normalized spacial score (nSPS) is 16.9. The first kappa shape index (κ1) is 18.3. The van der Waals surface area contributed by atoms with Crippen LogP contribution in [0.25, 0.3) is 11.1 Å². The molecule has 0 saturated carbocycles. The van der Waals surface area contributed by atoms with Crippen molar-refractivity contribution in [1.29, 1.82) is 0 Å². The minimum absolute atomic E-state index is 0.00663. The van der Waals surface area contributed by atoms with E-state index in [0.29, 0.717) is 6.54 Å². The lowest BCUT2D eigenvalue weighted by molar-refractivity contribution is -0.117. The van der Waals surface area contributed by atoms with Crippen LogP contribution in [0.15, 0.2) is 72.8 Å². The number of fused-ring (bicyclic) bond motifs is 1. The number of anilines is 1. The van der Waals surface area contributed by atoms with Gasteiger partial charge in [-0.05, 0) is 59.5 Å². The lowest BCUT2D eigenvalue weighted by Gasteiger charge is -2.30. The van der Waals surface area contributed by atoms with Gasteiger partial charge in [-0.2, -0.15) is 0 Å². The molecule has 1 aliphatic rings. The Morgan fingerprint density at radius 1 is 1.00 bits per heavy atom. The van der Waals surface area contributed by atoms with Crippen molar-refractivity contribution in [3.05, 3.63) is 83.9 Å². The fourth-order valence-electron chi connectivity index (χ4n) is 3.92. The predicted octanol–water partition coefficient (Wildman–Crippen LogP) is 4.81. The summed E-state index contributed by atoms with van der Waals surface area (Å²) in [5.74, 6) is 0.271. The summed E-state index contributed by atoms with van der Waals surface area (Å²) < 4.78 is 0. The van der Waals surface area contributed by atoms with Crippen LogP contribution in [0, 0.1) is 0 Å². The SMILES string of the molecule is CCCN1CC(=O)Nc2ccc(-c3ccc(O)cc3)cc2C1c1ccccc1. The summed E-state index contributed by atoms with van der Waals surface area (Å²) in [5.41, 5.74) is 5.23. The number of amides is 1. The van der Waals surface area contributed by atoms with E-state index in [0.717, 1.165) is 35.3 Å². The second-order valence-electron chi connectivity index (χ2n) is 7.18. The van der Waals surface area contributed by atoms with Crippen LogP contribution in [0.4, 0.5) is 5.69 Å². The molecule has 0 saturated heterocycles. The summed E-state index contributed by atoms with van der Waals surface area (Å²) in [4.78, 5) is 14.8. The van der Waals surface area contributed by atoms with Gasteiger partial charge in [0, 0.05) is 5.69 Å². The molecule has 28 heavy (non-hydrogen) atoms. The van der Waals surface area contributed by atoms with Crippen LogP contribution in [0.1, 0.15) is 30.5 Å². The van der Waals surface area contributed by atoms with Gasteiger partial charge in [0.1, 0.15) is 5.75 Å². The van der Waals surface area contributed by atoms with Crippen molar-refractivity contribution in [2.75, 3.05) is 18.4 Å². The Kier molecular flexibility index (Phi) is 5.13. The summed E-state index contributed by atoms with van der Waals surface area (Å²) in [6.07, 6.45) is 0.976. The molecule has 2 N–H and O–H groups in total. The van der Waals surface area contributed by atoms with Crippen molar-refractivity contribution in [3.63, 3.8) is 0 Å². The van der Waals surface area contributed by atoms with E-state index in [2.05, 4.69) is 35.3 Å². The number of nitrogens with zero attached hydrogens (tertiary/aromatic N) is 1. The van der Waals surface area contributed by atoms with Gasteiger partial charge in [-0.15, -0.1) is 0 Å². The van der Waals surface area contributed by atoms with Gasteiger partial charge >= 0.3 is 0 Å². The van der Waals surface area contributed by atoms with Gasteiger partial charge in [-0.1, -0.05) is 55.5 Å². The highest BCUT2D eigenvalue weighted by molar-refractivity contribution is 5.94. The first-order valence-electron chi connectivity index (χ1n) is 9.68. The van der Waals surface area contributed by atoms with E-state index < -0.39 is 0 Å². The lowest BCUT2D eigenvalue weighted by Crippen LogP contribution is -2.34. The van der Waals surface area contributed by atoms with Crippen LogP contribution in [0.3, 0.4) is 0 Å². The maximum absolute atomic E-state index is 12.5. The van der Waals surface area contributed by atoms with Crippen molar-refractivity contribution >= 4 is 11.6 Å². The van der Waals surface area contributed by atoms with Gasteiger partial charge in [0.05, 0.1) is 12.6 Å². The monoisotopic (exact) mass is 372 g/mol. The molecule has 0 aromatic heterocycles. The topological polar surface area (TPSA) is 52.6 Å². The molecule has 0 radical (unpaired) electrons. The lowest BCUT2D eigenvalue weighted by atomic mass is 9.92. The third kappa shape index (κ3) is 3.64. The van der Waals surface area contributed by atoms with Crippen molar-refractivity contribution in [2.45, 2.75) is 19.4 Å². The van der Waals surface area contributed by atoms with E-state index >= 15 is 0 Å². The Bertz CT molecular complexity index is 968. The van der Waals surface area contributed by atoms with E-state index in [-0.39, 0.29) is 17.7 Å². The molecule has 4 rings (SSSR count). The van der Waals surface area contributed by atoms with Gasteiger partial charge in [0.15, 0.2) is 0 Å². The maximum atomic E-state index is 12.5. The fourth-order valence-corrected chi connectivity index (χ4v) is 3.92. The molecular formula is C24H24N2O2. The predicted molar refractivity (Wildman–Crippen MR) is 112 cm³/mol. The van der Waals surface area contributed by atoms with Crippen LogP contribution in [0.2, 0.25) is 0 Å². The molecule has 1 atom stereocenters. The molecule has 1 unspecified atom stereocenters. The van der Waals surface area contributed by atoms with Gasteiger partial charge < -0.3 is 10.4 Å². The molecular weight excluding hydrogens is 348 g/mol. The average Bonchev–Trinajstić information content (AvgIpc) is 2.84. The largest absolute Gasteiger partial charge is 0.508 e. The van der Waals surface area contributed by atoms with Crippen LogP contribution < -0.4 is 5.32 Å². The van der Waals surface area contributed by atoms with E-state index in [9.17, 15) is 9.90 Å². The first-order chi connectivity index (χ1) is 13.7. The molecule has 142 valence electrons. The molecule has 3 aromatic rings. The molecule has 0 spiro atoms. The number of carbonyl (C=O) groups excluding carboxylic acids is 1. The zero-order valence-electron chi connectivity index (χ0n) is 15.9. The Hall–Kier alpha value is -3.11. The van der Waals surface area contributed by atoms with Crippen LogP contribution >= 0.6 is 0 Å². The van der Waals surface area contributed by atoms with Gasteiger partial charge in [0.25, 0.3) is 0 Å². The van der Waals surface area contributed by atoms with Crippen molar-refractivity contribution in [2.24, 2.45) is 0 Å². The first-order valence-corrected chi connectivity index (χ1v) is 9.68. The third-order valence-corrected chi connectivity index (χ3v) is 5.16. The molecule has 0 bridgehead atoms. The molecule has 4 heteroatoms. The summed E-state index contributed by atoms with van der Waals surface area (Å²) in [6.45, 7) is 3.35. The molecule has 0 fully saturated rings. The number of phenolic OH excluding ortho intramolecular Hbond substituents is 1. The van der Waals surface area contributed by atoms with E-state index in [1.54, 1.807) is 12.1 Å². The fraction of sp³-hybridized carbons (Fsp3) is 0.208. The van der Waals surface area contributed by atoms with Crippen LogP contribution in [0.5, 0.6) is 5.75 Å². The number of aromatic hydroxyl groups is 1. The second kappa shape index (κ2) is 7.87. The number of nitrogens with one attached hydrogen (secondary N) is 1. The Morgan fingerprint density at radius 3 is 2.43 bits per heavy atom. The molecule has 4 nitrogen and oxygen atoms in total. The number of phenols is 1. The zero-order valence-corrected chi connectivity index (χ0v) is 15.9. The Balaban J connectivity index is 1.86. The minimum atomic E-state index is 0.00663. The highest BCUT2D eigenvalue weighted by Gasteiger charge is 2.29. The smallest absolute Gasteiger partial charge is 0.238 e. The summed E-state index contributed by atoms with van der Waals surface area (Å²) in [7, 11) is 0. The number of benzene rings is 3. The second-order valence-corrected chi connectivity index (χ2v) is 7.18. The third-order valence-electron chi connectivity index (χ3n) is 5.16. The van der Waals surface area contributed by atoms with E-state index in [1.807, 2.05) is 42.5 Å². The maximum Gasteiger partial charge on any atom is 0.238 e. The zero-order chi connectivity index (χ0) is 19.5. The molecule has 1 amide bonds. The summed E-state index contributed by atoms with van der Waals surface area (Å²) in [6, 6.07) is 23.7. The highest BCUT2D eigenvalue weighted by Crippen LogP contribution is 2.38. The van der Waals surface area contributed by atoms with Gasteiger partial charge in [-0.25, -0.2) is 0 Å². The van der Waals surface area contributed by atoms with Gasteiger partial charge in [-0.3, -0.25) is 9.69 Å². The van der Waals surface area contributed by atoms with Crippen molar-refractivity contribution in [3.8, 4) is 16.9 Å². The summed E-state index contributed by atoms with van der Waals surface area (Å²) in [5, 5.41) is 12.7. The van der Waals surface area contributed by atoms with Gasteiger partial charge in [0.2, 0.25) is 5.91 Å². The standard InChI is InChI=1S/C24H24N2O2/c1-2-14-26-16-23(28)25-22-13-10-19(17-8-11-20(27)12-9-17)15-21(22)24(26)18-6-4-3-5-7-18/h3-13,15,24,27H,2,14,16H2,1H3,(H,25,28). The molecule has 1 heterocycles. The minimum Gasteiger partial charge on any atom is -0.508 e. The molecule has 0 aliphatic carbocycles. The van der Waals surface area contributed by atoms with Crippen LogP contribution in [-0.4, -0.2) is 29.0 Å². The van der Waals surface area contributed by atoms with Crippen molar-refractivity contribution in [1.82, 2.24) is 4.90 Å². The van der Waals surface area contributed by atoms with Crippen LogP contribution in [-0.2, 0) is 4.79 Å². The quantitative estimate of drug-likeness (QED) is 0.691. The number of carbonyl (C=O) groups is 1. The molecule has 3 aromatic carbocycles. The Labute approximate surface area is 165 Å². The summed E-state index contributed by atoms with van der Waals surface area (Å²) >= 11 is 0. The Morgan fingerprint density at radius 2 is 1.71 bits per heavy atom.